The van der Waals surface area contributed by atoms with E-state index in [1.807, 2.05) is 0 Å². The maximum absolute atomic E-state index is 12.9. The fraction of sp³-hybridized carbons (Fsp3) is 0.353. The maximum atomic E-state index is 12.9. The van der Waals surface area contributed by atoms with Gasteiger partial charge in [-0.05, 0) is 31.2 Å². The first kappa shape index (κ1) is 15.0. The number of ether oxygens (including phenoxy) is 1. The number of carboxylic acids is 1. The van der Waals surface area contributed by atoms with E-state index in [4.69, 9.17) is 9.84 Å². The Kier molecular flexibility index (Phi) is 2.83. The molecule has 7 heteroatoms. The number of nitrogens with zero attached hydrogens (tertiary/aromatic N) is 1. The molecule has 1 aromatic rings. The zero-order chi connectivity index (χ0) is 17.3. The predicted molar refractivity (Wildman–Crippen MR) is 81.3 cm³/mol. The molecule has 0 radical (unpaired) electrons. The first-order valence-corrected chi connectivity index (χ1v) is 7.55. The van der Waals surface area contributed by atoms with Crippen LogP contribution in [-0.2, 0) is 14.3 Å². The number of carbonyl (C=O) groups excluding carboxylic acids is 2. The van der Waals surface area contributed by atoms with Gasteiger partial charge in [-0.25, -0.2) is 9.69 Å². The van der Waals surface area contributed by atoms with E-state index >= 15 is 0 Å². The van der Waals surface area contributed by atoms with Gasteiger partial charge in [-0.3, -0.25) is 9.59 Å². The number of aromatic carboxylic acids is 1. The summed E-state index contributed by atoms with van der Waals surface area (Å²) in [6.07, 6.45) is 3.39. The Morgan fingerprint density at radius 3 is 2.38 bits per heavy atom. The average Bonchev–Trinajstić information content (AvgIpc) is 3.14. The molecule has 0 saturated carbocycles. The van der Waals surface area contributed by atoms with Gasteiger partial charge < -0.3 is 14.9 Å². The number of carbonyl (C=O) groups is 3. The Bertz CT molecular complexity index is 800. The van der Waals surface area contributed by atoms with Crippen molar-refractivity contribution in [3.8, 4) is 0 Å². The lowest BCUT2D eigenvalue weighted by Gasteiger charge is -2.26. The van der Waals surface area contributed by atoms with Gasteiger partial charge in [-0.1, -0.05) is 12.2 Å². The fourth-order valence-corrected chi connectivity index (χ4v) is 4.05. The minimum absolute atomic E-state index is 0.0712. The summed E-state index contributed by atoms with van der Waals surface area (Å²) in [6.45, 7) is 1.35. The van der Waals surface area contributed by atoms with Crippen molar-refractivity contribution in [3.63, 3.8) is 0 Å². The van der Waals surface area contributed by atoms with Crippen LogP contribution in [-0.4, -0.2) is 45.8 Å². The molecule has 4 rings (SSSR count). The summed E-state index contributed by atoms with van der Waals surface area (Å²) >= 11 is 0. The molecule has 4 atom stereocenters. The Balaban J connectivity index is 1.75. The molecule has 0 aromatic heterocycles. The van der Waals surface area contributed by atoms with Gasteiger partial charge in [-0.15, -0.1) is 0 Å². The zero-order valence-electron chi connectivity index (χ0n) is 12.8. The summed E-state index contributed by atoms with van der Waals surface area (Å²) < 4.78 is 5.83. The van der Waals surface area contributed by atoms with E-state index < -0.39 is 40.8 Å². The van der Waals surface area contributed by atoms with Gasteiger partial charge in [0, 0.05) is 0 Å². The summed E-state index contributed by atoms with van der Waals surface area (Å²) in [5, 5.41) is 18.7. The fourth-order valence-electron chi connectivity index (χ4n) is 4.05. The van der Waals surface area contributed by atoms with Crippen LogP contribution in [0.4, 0.5) is 5.69 Å². The number of fused-ring (bicyclic) bond motifs is 5. The van der Waals surface area contributed by atoms with Crippen LogP contribution in [0.3, 0.4) is 0 Å². The van der Waals surface area contributed by atoms with E-state index in [2.05, 4.69) is 0 Å². The van der Waals surface area contributed by atoms with Crippen molar-refractivity contribution in [3.05, 3.63) is 42.0 Å². The van der Waals surface area contributed by atoms with Crippen LogP contribution in [0.2, 0.25) is 0 Å². The van der Waals surface area contributed by atoms with Gasteiger partial charge in [0.05, 0.1) is 35.3 Å². The Labute approximate surface area is 137 Å². The second-order valence-corrected chi connectivity index (χ2v) is 6.55. The Hall–Kier alpha value is -2.51. The molecule has 2 fully saturated rings. The van der Waals surface area contributed by atoms with Crippen molar-refractivity contribution in [1.82, 2.24) is 0 Å². The van der Waals surface area contributed by atoms with Crippen molar-refractivity contribution >= 4 is 23.5 Å². The van der Waals surface area contributed by atoms with Gasteiger partial charge in [0.1, 0.15) is 5.60 Å². The van der Waals surface area contributed by atoms with Crippen LogP contribution >= 0.6 is 0 Å². The quantitative estimate of drug-likeness (QED) is 0.621. The summed E-state index contributed by atoms with van der Waals surface area (Å²) in [6, 6.07) is 5.56. The van der Waals surface area contributed by atoms with Gasteiger partial charge >= 0.3 is 5.97 Å². The molecule has 2 N–H and O–H groups in total. The van der Waals surface area contributed by atoms with Crippen LogP contribution in [0, 0.1) is 11.8 Å². The topological polar surface area (TPSA) is 104 Å². The van der Waals surface area contributed by atoms with Crippen molar-refractivity contribution in [2.75, 3.05) is 11.5 Å². The highest BCUT2D eigenvalue weighted by Gasteiger charge is 2.72. The number of amides is 2. The van der Waals surface area contributed by atoms with Gasteiger partial charge in [0.2, 0.25) is 11.8 Å². The molecular formula is C17H15NO6. The second kappa shape index (κ2) is 4.52. The smallest absolute Gasteiger partial charge is 0.335 e. The molecule has 0 aliphatic carbocycles. The zero-order valence-corrected chi connectivity index (χ0v) is 12.8. The third kappa shape index (κ3) is 1.65. The molecule has 3 aliphatic rings. The highest BCUT2D eigenvalue weighted by molar-refractivity contribution is 6.23. The van der Waals surface area contributed by atoms with Crippen molar-refractivity contribution in [1.29, 1.82) is 0 Å². The lowest BCUT2D eigenvalue weighted by Crippen LogP contribution is -2.43. The molecule has 3 aliphatic heterocycles. The highest BCUT2D eigenvalue weighted by Crippen LogP contribution is 2.57. The lowest BCUT2D eigenvalue weighted by atomic mass is 9.73. The monoisotopic (exact) mass is 329 g/mol. The number of rotatable bonds is 3. The normalized spacial score (nSPS) is 36.5. The van der Waals surface area contributed by atoms with Crippen LogP contribution < -0.4 is 4.90 Å². The number of aliphatic hydroxyl groups excluding tert-OH is 1. The number of hydrogen-bond donors (Lipinski definition) is 2. The number of imide groups is 1. The maximum Gasteiger partial charge on any atom is 0.335 e. The minimum Gasteiger partial charge on any atom is -0.478 e. The van der Waals surface area contributed by atoms with Gasteiger partial charge in [0.25, 0.3) is 0 Å². The molecule has 3 heterocycles. The van der Waals surface area contributed by atoms with Crippen molar-refractivity contribution in [2.24, 2.45) is 11.8 Å². The number of hydrogen-bond acceptors (Lipinski definition) is 5. The summed E-state index contributed by atoms with van der Waals surface area (Å²) in [4.78, 5) is 37.7. The third-order valence-electron chi connectivity index (χ3n) is 5.18. The molecule has 1 aromatic carbocycles. The van der Waals surface area contributed by atoms with E-state index in [1.165, 1.54) is 24.3 Å². The van der Waals surface area contributed by atoms with E-state index in [0.29, 0.717) is 5.69 Å². The summed E-state index contributed by atoms with van der Waals surface area (Å²) in [5.74, 6) is -3.38. The van der Waals surface area contributed by atoms with Gasteiger partial charge in [0.15, 0.2) is 0 Å². The molecule has 7 nitrogen and oxygen atoms in total. The predicted octanol–water partition coefficient (Wildman–Crippen LogP) is 0.580. The van der Waals surface area contributed by atoms with Crippen LogP contribution in [0.15, 0.2) is 36.4 Å². The van der Waals surface area contributed by atoms with Gasteiger partial charge in [-0.2, -0.15) is 0 Å². The summed E-state index contributed by atoms with van der Waals surface area (Å²) in [5.41, 5.74) is -1.69. The van der Waals surface area contributed by atoms with Crippen LogP contribution in [0.5, 0.6) is 0 Å². The molecule has 2 bridgehead atoms. The van der Waals surface area contributed by atoms with Crippen LogP contribution in [0.25, 0.3) is 0 Å². The molecule has 2 saturated heterocycles. The number of anilines is 1. The third-order valence-corrected chi connectivity index (χ3v) is 5.18. The summed E-state index contributed by atoms with van der Waals surface area (Å²) in [7, 11) is 0. The molecule has 124 valence electrons. The molecule has 24 heavy (non-hydrogen) atoms. The number of benzene rings is 1. The van der Waals surface area contributed by atoms with E-state index in [1.54, 1.807) is 19.1 Å². The number of carboxylic acid groups (broad SMARTS) is 1. The van der Waals surface area contributed by atoms with E-state index in [-0.39, 0.29) is 12.2 Å². The molecule has 0 spiro atoms. The average molecular weight is 329 g/mol. The molecule has 0 unspecified atom stereocenters. The minimum atomic E-state index is -1.16. The Morgan fingerprint density at radius 2 is 1.79 bits per heavy atom. The Morgan fingerprint density at radius 1 is 1.17 bits per heavy atom. The van der Waals surface area contributed by atoms with E-state index in [9.17, 15) is 19.5 Å². The first-order chi connectivity index (χ1) is 11.3. The standard InChI is InChI=1S/C17H15NO6/c1-16-6-7-17(8-19,24-16)12-11(16)13(20)18(14(12)21)10-4-2-9(3-5-10)15(22)23/h2-7,11-12,19H,8H2,1H3,(H,22,23)/t11-,12+,16+,17+/m1/s1. The molecule has 2 amide bonds. The van der Waals surface area contributed by atoms with Crippen molar-refractivity contribution < 1.29 is 29.3 Å². The lowest BCUT2D eigenvalue weighted by molar-refractivity contribution is -0.131. The van der Waals surface area contributed by atoms with Crippen LogP contribution in [0.1, 0.15) is 17.3 Å². The van der Waals surface area contributed by atoms with Crippen molar-refractivity contribution in [2.45, 2.75) is 18.1 Å². The number of aliphatic hydroxyl groups is 1. The SMILES string of the molecule is C[C@@]12C=C[C@@](CO)(O1)[C@@H]1C(=O)N(c3ccc(C(=O)O)cc3)C(=O)[C@@H]12. The second-order valence-electron chi connectivity index (χ2n) is 6.55. The first-order valence-electron chi connectivity index (χ1n) is 7.55. The molecular weight excluding hydrogens is 314 g/mol. The highest BCUT2D eigenvalue weighted by atomic mass is 16.5. The van der Waals surface area contributed by atoms with E-state index in [0.717, 1.165) is 4.90 Å². The largest absolute Gasteiger partial charge is 0.478 e.